The summed E-state index contributed by atoms with van der Waals surface area (Å²) >= 11 is 0. The van der Waals surface area contributed by atoms with Crippen molar-refractivity contribution in [3.05, 3.63) is 0 Å². The van der Waals surface area contributed by atoms with Gasteiger partial charge in [-0.15, -0.1) is 0 Å². The maximum absolute atomic E-state index is 6.56. The van der Waals surface area contributed by atoms with E-state index in [4.69, 9.17) is 8.85 Å². The summed E-state index contributed by atoms with van der Waals surface area (Å²) in [6.07, 6.45) is 12.8. The quantitative estimate of drug-likeness (QED) is 0.640. The zero-order valence-corrected chi connectivity index (χ0v) is 14.4. The normalized spacial score (nSPS) is 34.8. The van der Waals surface area contributed by atoms with E-state index >= 15 is 0 Å². The van der Waals surface area contributed by atoms with Crippen molar-refractivity contribution in [2.24, 2.45) is 11.8 Å². The third-order valence-corrected chi connectivity index (χ3v) is 11.1. The second kappa shape index (κ2) is 6.49. The average Bonchev–Trinajstić information content (AvgIpc) is 3.11. The van der Waals surface area contributed by atoms with E-state index in [9.17, 15) is 0 Å². The van der Waals surface area contributed by atoms with Crippen molar-refractivity contribution < 1.29 is 8.85 Å². The summed E-state index contributed by atoms with van der Waals surface area (Å²) in [5, 5.41) is 0. The van der Waals surface area contributed by atoms with Crippen LogP contribution in [-0.4, -0.2) is 21.8 Å². The van der Waals surface area contributed by atoms with Gasteiger partial charge in [0.25, 0.3) is 0 Å². The fraction of sp³-hybridized carbons (Fsp3) is 1.00. The zero-order chi connectivity index (χ0) is 14.0. The van der Waals surface area contributed by atoms with Crippen LogP contribution in [0.1, 0.15) is 71.6 Å². The van der Waals surface area contributed by atoms with Crippen LogP contribution >= 0.6 is 0 Å². The van der Waals surface area contributed by atoms with Gasteiger partial charge in [0, 0.05) is 24.3 Å². The molecule has 2 bridgehead atoms. The first-order valence-electron chi connectivity index (χ1n) is 9.08. The highest BCUT2D eigenvalue weighted by atomic mass is 28.4. The molecule has 3 aliphatic carbocycles. The van der Waals surface area contributed by atoms with Crippen molar-refractivity contribution in [1.29, 1.82) is 0 Å². The Labute approximate surface area is 125 Å². The van der Waals surface area contributed by atoms with Crippen molar-refractivity contribution in [2.45, 2.75) is 82.7 Å². The Morgan fingerprint density at radius 2 is 1.55 bits per heavy atom. The lowest BCUT2D eigenvalue weighted by molar-refractivity contribution is 0.143. The molecule has 0 aromatic heterocycles. The molecule has 0 spiro atoms. The van der Waals surface area contributed by atoms with Crippen molar-refractivity contribution in [3.8, 4) is 0 Å². The lowest BCUT2D eigenvalue weighted by atomic mass is 9.99. The molecular formula is C17H32O2Si. The maximum Gasteiger partial charge on any atom is 0.344 e. The Kier molecular flexibility index (Phi) is 4.89. The molecule has 0 aliphatic heterocycles. The van der Waals surface area contributed by atoms with Crippen LogP contribution in [0.3, 0.4) is 0 Å². The van der Waals surface area contributed by atoms with Crippen LogP contribution in [0.25, 0.3) is 0 Å². The molecular weight excluding hydrogens is 264 g/mol. The molecule has 3 heteroatoms. The molecule has 0 N–H and O–H groups in total. The van der Waals surface area contributed by atoms with Crippen molar-refractivity contribution in [3.63, 3.8) is 0 Å². The van der Waals surface area contributed by atoms with Gasteiger partial charge in [0.1, 0.15) is 0 Å². The summed E-state index contributed by atoms with van der Waals surface area (Å²) in [6.45, 7) is 6.07. The number of hydrogen-bond donors (Lipinski definition) is 0. The largest absolute Gasteiger partial charge is 0.394 e. The summed E-state index contributed by atoms with van der Waals surface area (Å²) in [5.74, 6) is 1.94. The van der Waals surface area contributed by atoms with Crippen LogP contribution in [0.2, 0.25) is 11.1 Å². The second-order valence-electron chi connectivity index (χ2n) is 7.20. The van der Waals surface area contributed by atoms with E-state index < -0.39 is 8.56 Å². The van der Waals surface area contributed by atoms with E-state index in [2.05, 4.69) is 13.8 Å². The summed E-state index contributed by atoms with van der Waals surface area (Å²) in [7, 11) is -2.02. The van der Waals surface area contributed by atoms with Gasteiger partial charge in [-0.05, 0) is 51.4 Å². The van der Waals surface area contributed by atoms with E-state index in [1.54, 1.807) is 0 Å². The van der Waals surface area contributed by atoms with Gasteiger partial charge in [-0.2, -0.15) is 0 Å². The molecule has 3 unspecified atom stereocenters. The molecule has 0 aromatic rings. The van der Waals surface area contributed by atoms with E-state index in [-0.39, 0.29) is 0 Å². The number of hydrogen-bond acceptors (Lipinski definition) is 2. The molecule has 3 atom stereocenters. The van der Waals surface area contributed by atoms with Crippen molar-refractivity contribution in [2.75, 3.05) is 13.2 Å². The lowest BCUT2D eigenvalue weighted by Gasteiger charge is -2.45. The summed E-state index contributed by atoms with van der Waals surface area (Å²) in [5.41, 5.74) is 1.59. The Morgan fingerprint density at radius 3 is 2.05 bits per heavy atom. The molecule has 20 heavy (non-hydrogen) atoms. The minimum absolute atomic E-state index is 0.778. The second-order valence-corrected chi connectivity index (χ2v) is 10.8. The predicted molar refractivity (Wildman–Crippen MR) is 85.0 cm³/mol. The molecule has 0 amide bonds. The molecule has 0 heterocycles. The van der Waals surface area contributed by atoms with Gasteiger partial charge >= 0.3 is 8.56 Å². The van der Waals surface area contributed by atoms with Crippen LogP contribution in [0.5, 0.6) is 0 Å². The van der Waals surface area contributed by atoms with Crippen LogP contribution < -0.4 is 0 Å². The van der Waals surface area contributed by atoms with Gasteiger partial charge < -0.3 is 8.85 Å². The minimum atomic E-state index is -2.02. The summed E-state index contributed by atoms with van der Waals surface area (Å²) in [6, 6.07) is 0. The van der Waals surface area contributed by atoms with Gasteiger partial charge in [-0.1, -0.05) is 32.1 Å². The molecule has 3 saturated carbocycles. The highest BCUT2D eigenvalue weighted by Gasteiger charge is 2.58. The predicted octanol–water partition coefficient (Wildman–Crippen LogP) is 5.03. The standard InChI is InChI=1S/C17H32O2Si/c1-3-18-20(19-4-2,16-8-6-5-7-9-16)17-13-14-10-11-15(17)12-14/h14-17H,3-13H2,1-2H3. The highest BCUT2D eigenvalue weighted by molar-refractivity contribution is 6.70. The SMILES string of the molecule is CCO[Si](OCC)(C1CCCCC1)C1CC2CCC1C2. The van der Waals surface area contributed by atoms with Crippen LogP contribution in [-0.2, 0) is 8.85 Å². The fourth-order valence-electron chi connectivity index (χ4n) is 5.49. The summed E-state index contributed by atoms with van der Waals surface area (Å²) < 4.78 is 13.1. The van der Waals surface area contributed by atoms with Gasteiger partial charge in [0.2, 0.25) is 0 Å². The third-order valence-electron chi connectivity index (χ3n) is 6.17. The Hall–Kier alpha value is 0.137. The first-order chi connectivity index (χ1) is 9.80. The van der Waals surface area contributed by atoms with Crippen molar-refractivity contribution in [1.82, 2.24) is 0 Å². The Balaban J connectivity index is 1.84. The van der Waals surface area contributed by atoms with Crippen LogP contribution in [0.15, 0.2) is 0 Å². The average molecular weight is 297 g/mol. The molecule has 0 radical (unpaired) electrons. The molecule has 2 nitrogen and oxygen atoms in total. The van der Waals surface area contributed by atoms with Gasteiger partial charge in [0.15, 0.2) is 0 Å². The molecule has 116 valence electrons. The van der Waals surface area contributed by atoms with Crippen LogP contribution in [0.4, 0.5) is 0 Å². The third kappa shape index (κ3) is 2.61. The maximum atomic E-state index is 6.56. The first kappa shape index (κ1) is 15.0. The topological polar surface area (TPSA) is 18.5 Å². The monoisotopic (exact) mass is 296 g/mol. The van der Waals surface area contributed by atoms with Gasteiger partial charge in [-0.3, -0.25) is 0 Å². The van der Waals surface area contributed by atoms with Crippen molar-refractivity contribution >= 4 is 8.56 Å². The van der Waals surface area contributed by atoms with Gasteiger partial charge in [-0.25, -0.2) is 0 Å². The lowest BCUT2D eigenvalue weighted by Crippen LogP contribution is -2.53. The van der Waals surface area contributed by atoms with E-state index in [1.165, 1.54) is 57.8 Å². The van der Waals surface area contributed by atoms with E-state index in [1.807, 2.05) is 0 Å². The Morgan fingerprint density at radius 1 is 0.850 bits per heavy atom. The molecule has 0 saturated heterocycles. The zero-order valence-electron chi connectivity index (χ0n) is 13.4. The molecule has 3 rings (SSSR count). The molecule has 0 aromatic carbocycles. The van der Waals surface area contributed by atoms with Gasteiger partial charge in [0.05, 0.1) is 0 Å². The van der Waals surface area contributed by atoms with Crippen LogP contribution in [0, 0.1) is 11.8 Å². The van der Waals surface area contributed by atoms with E-state index in [0.29, 0.717) is 0 Å². The minimum Gasteiger partial charge on any atom is -0.394 e. The number of rotatable bonds is 6. The summed E-state index contributed by atoms with van der Waals surface area (Å²) in [4.78, 5) is 0. The highest BCUT2D eigenvalue weighted by Crippen LogP contribution is 2.59. The number of fused-ring (bicyclic) bond motifs is 2. The first-order valence-corrected chi connectivity index (χ1v) is 11.0. The smallest absolute Gasteiger partial charge is 0.344 e. The fourth-order valence-corrected chi connectivity index (χ4v) is 10.8. The van der Waals surface area contributed by atoms with E-state index in [0.717, 1.165) is 36.1 Å². The Bertz CT molecular complexity index is 308. The molecule has 3 fully saturated rings. The molecule has 3 aliphatic rings.